The lowest BCUT2D eigenvalue weighted by molar-refractivity contribution is 0.144. The molecule has 1 saturated heterocycles. The van der Waals surface area contributed by atoms with E-state index in [1.807, 2.05) is 4.90 Å². The van der Waals surface area contributed by atoms with Crippen molar-refractivity contribution in [1.82, 2.24) is 15.1 Å². The highest BCUT2D eigenvalue weighted by Gasteiger charge is 2.23. The molecule has 2 fully saturated rings. The maximum absolute atomic E-state index is 12.1. The number of hydrogen-bond acceptors (Lipinski definition) is 3. The quantitative estimate of drug-likeness (QED) is 0.516. The SMILES string of the molecule is N=C(N)CN1CCN(C(=O)NC2CCCCC2)CC1. The van der Waals surface area contributed by atoms with E-state index in [-0.39, 0.29) is 11.9 Å². The summed E-state index contributed by atoms with van der Waals surface area (Å²) in [5.41, 5.74) is 5.39. The topological polar surface area (TPSA) is 85.5 Å². The van der Waals surface area contributed by atoms with Crippen molar-refractivity contribution in [3.63, 3.8) is 0 Å². The van der Waals surface area contributed by atoms with E-state index < -0.39 is 0 Å². The Balaban J connectivity index is 1.71. The maximum Gasteiger partial charge on any atom is 0.317 e. The van der Waals surface area contributed by atoms with Crippen molar-refractivity contribution in [1.29, 1.82) is 5.41 Å². The minimum atomic E-state index is 0.0781. The molecule has 0 atom stereocenters. The zero-order chi connectivity index (χ0) is 13.7. The van der Waals surface area contributed by atoms with Crippen molar-refractivity contribution >= 4 is 11.9 Å². The normalized spacial score (nSPS) is 22.2. The summed E-state index contributed by atoms with van der Waals surface area (Å²) in [5, 5.41) is 10.4. The zero-order valence-electron chi connectivity index (χ0n) is 11.5. The number of carbonyl (C=O) groups excluding carboxylic acids is 1. The number of nitrogens with zero attached hydrogens (tertiary/aromatic N) is 2. The molecule has 108 valence electrons. The van der Waals surface area contributed by atoms with Crippen LogP contribution in [0.2, 0.25) is 0 Å². The first-order valence-electron chi connectivity index (χ1n) is 7.26. The Morgan fingerprint density at radius 2 is 1.79 bits per heavy atom. The molecule has 1 heterocycles. The summed E-state index contributed by atoms with van der Waals surface area (Å²) in [6.45, 7) is 3.57. The number of nitrogens with one attached hydrogen (secondary N) is 2. The summed E-state index contributed by atoms with van der Waals surface area (Å²) >= 11 is 0. The third-order valence-corrected chi connectivity index (χ3v) is 3.99. The first-order valence-corrected chi connectivity index (χ1v) is 7.26. The van der Waals surface area contributed by atoms with Crippen molar-refractivity contribution in [3.05, 3.63) is 0 Å². The van der Waals surface area contributed by atoms with E-state index in [2.05, 4.69) is 10.2 Å². The Morgan fingerprint density at radius 3 is 2.37 bits per heavy atom. The third-order valence-electron chi connectivity index (χ3n) is 3.99. The second kappa shape index (κ2) is 6.75. The fourth-order valence-electron chi connectivity index (χ4n) is 2.86. The molecule has 0 aromatic carbocycles. The summed E-state index contributed by atoms with van der Waals surface area (Å²) in [7, 11) is 0. The minimum absolute atomic E-state index is 0.0781. The van der Waals surface area contributed by atoms with Gasteiger partial charge in [-0.15, -0.1) is 0 Å². The second-order valence-corrected chi connectivity index (χ2v) is 5.57. The lowest BCUT2D eigenvalue weighted by atomic mass is 9.96. The lowest BCUT2D eigenvalue weighted by Gasteiger charge is -2.35. The van der Waals surface area contributed by atoms with Crippen molar-refractivity contribution in [3.8, 4) is 0 Å². The van der Waals surface area contributed by atoms with Crippen LogP contribution in [-0.4, -0.2) is 60.4 Å². The molecule has 0 aromatic rings. The van der Waals surface area contributed by atoms with Crippen LogP contribution in [0.25, 0.3) is 0 Å². The molecule has 0 unspecified atom stereocenters. The summed E-state index contributed by atoms with van der Waals surface area (Å²) in [5.74, 6) is 0.195. The van der Waals surface area contributed by atoms with Crippen LogP contribution >= 0.6 is 0 Å². The highest BCUT2D eigenvalue weighted by Crippen LogP contribution is 2.17. The van der Waals surface area contributed by atoms with Gasteiger partial charge in [-0.2, -0.15) is 0 Å². The molecule has 19 heavy (non-hydrogen) atoms. The van der Waals surface area contributed by atoms with Gasteiger partial charge in [0.2, 0.25) is 0 Å². The fraction of sp³-hybridized carbons (Fsp3) is 0.846. The maximum atomic E-state index is 12.1. The molecule has 1 saturated carbocycles. The van der Waals surface area contributed by atoms with E-state index in [0.29, 0.717) is 12.6 Å². The molecular formula is C13H25N5O. The largest absolute Gasteiger partial charge is 0.387 e. The number of amidine groups is 1. The van der Waals surface area contributed by atoms with E-state index in [1.54, 1.807) is 0 Å². The number of piperazine rings is 1. The van der Waals surface area contributed by atoms with Crippen molar-refractivity contribution in [2.45, 2.75) is 38.1 Å². The third kappa shape index (κ3) is 4.38. The van der Waals surface area contributed by atoms with Crippen LogP contribution in [0.5, 0.6) is 0 Å². The number of hydrogen-bond donors (Lipinski definition) is 3. The minimum Gasteiger partial charge on any atom is -0.387 e. The van der Waals surface area contributed by atoms with Gasteiger partial charge in [0, 0.05) is 32.2 Å². The summed E-state index contributed by atoms with van der Waals surface area (Å²) < 4.78 is 0. The Bertz CT molecular complexity index is 319. The monoisotopic (exact) mass is 267 g/mol. The molecule has 0 bridgehead atoms. The average Bonchev–Trinajstić information content (AvgIpc) is 2.40. The molecule has 0 spiro atoms. The average molecular weight is 267 g/mol. The van der Waals surface area contributed by atoms with Crippen molar-refractivity contribution in [2.75, 3.05) is 32.7 Å². The van der Waals surface area contributed by atoms with E-state index >= 15 is 0 Å². The molecule has 2 aliphatic rings. The number of urea groups is 1. The molecule has 0 aromatic heterocycles. The molecule has 1 aliphatic heterocycles. The molecule has 0 radical (unpaired) electrons. The van der Waals surface area contributed by atoms with Gasteiger partial charge < -0.3 is 16.0 Å². The summed E-state index contributed by atoms with van der Waals surface area (Å²) in [6, 6.07) is 0.450. The van der Waals surface area contributed by atoms with Gasteiger partial charge in [-0.25, -0.2) is 4.79 Å². The smallest absolute Gasteiger partial charge is 0.317 e. The Labute approximate surface area is 114 Å². The van der Waals surface area contributed by atoms with Crippen LogP contribution in [0.4, 0.5) is 4.79 Å². The second-order valence-electron chi connectivity index (χ2n) is 5.57. The highest BCUT2D eigenvalue weighted by molar-refractivity contribution is 5.79. The van der Waals surface area contributed by atoms with E-state index in [9.17, 15) is 4.79 Å². The van der Waals surface area contributed by atoms with Crippen molar-refractivity contribution < 1.29 is 4.79 Å². The van der Waals surface area contributed by atoms with E-state index in [0.717, 1.165) is 39.0 Å². The van der Waals surface area contributed by atoms with Crippen LogP contribution in [0, 0.1) is 5.41 Å². The van der Waals surface area contributed by atoms with Crippen molar-refractivity contribution in [2.24, 2.45) is 5.73 Å². The zero-order valence-corrected chi connectivity index (χ0v) is 11.5. The molecule has 2 amide bonds. The fourth-order valence-corrected chi connectivity index (χ4v) is 2.86. The number of amides is 2. The first kappa shape index (κ1) is 14.1. The van der Waals surface area contributed by atoms with Crippen LogP contribution in [0.1, 0.15) is 32.1 Å². The lowest BCUT2D eigenvalue weighted by Crippen LogP contribution is -2.54. The van der Waals surface area contributed by atoms with Gasteiger partial charge in [-0.1, -0.05) is 19.3 Å². The molecular weight excluding hydrogens is 242 g/mol. The molecule has 2 rings (SSSR count). The first-order chi connectivity index (χ1) is 9.15. The predicted octanol–water partition coefficient (Wildman–Crippen LogP) is 0.582. The molecule has 6 nitrogen and oxygen atoms in total. The summed E-state index contributed by atoms with van der Waals surface area (Å²) in [4.78, 5) is 16.1. The standard InChI is InChI=1S/C13H25N5O/c14-12(15)10-17-6-8-18(9-7-17)13(19)16-11-4-2-1-3-5-11/h11H,1-10H2,(H3,14,15)(H,16,19). The van der Waals surface area contributed by atoms with Gasteiger partial charge in [0.05, 0.1) is 6.54 Å². The number of rotatable bonds is 3. The number of carbonyl (C=O) groups is 1. The van der Waals surface area contributed by atoms with Crippen LogP contribution in [0.3, 0.4) is 0 Å². The molecule has 1 aliphatic carbocycles. The number of nitrogens with two attached hydrogens (primary N) is 1. The van der Waals surface area contributed by atoms with Crippen LogP contribution in [0.15, 0.2) is 0 Å². The van der Waals surface area contributed by atoms with Gasteiger partial charge in [0.15, 0.2) is 0 Å². The molecule has 6 heteroatoms. The predicted molar refractivity (Wildman–Crippen MR) is 75.3 cm³/mol. The van der Waals surface area contributed by atoms with Crippen LogP contribution in [-0.2, 0) is 0 Å². The molecule has 4 N–H and O–H groups in total. The highest BCUT2D eigenvalue weighted by atomic mass is 16.2. The van der Waals surface area contributed by atoms with Crippen LogP contribution < -0.4 is 11.1 Å². The van der Waals surface area contributed by atoms with Gasteiger partial charge in [-0.3, -0.25) is 10.3 Å². The van der Waals surface area contributed by atoms with Gasteiger partial charge in [-0.05, 0) is 12.8 Å². The van der Waals surface area contributed by atoms with Gasteiger partial charge in [0.25, 0.3) is 0 Å². The Morgan fingerprint density at radius 1 is 1.16 bits per heavy atom. The Hall–Kier alpha value is -1.30. The summed E-state index contributed by atoms with van der Waals surface area (Å²) in [6.07, 6.45) is 6.01. The Kier molecular flexibility index (Phi) is 5.01. The van der Waals surface area contributed by atoms with E-state index in [1.165, 1.54) is 19.3 Å². The van der Waals surface area contributed by atoms with E-state index in [4.69, 9.17) is 11.1 Å². The van der Waals surface area contributed by atoms with Gasteiger partial charge >= 0.3 is 6.03 Å². The van der Waals surface area contributed by atoms with Gasteiger partial charge in [0.1, 0.15) is 5.84 Å².